The van der Waals surface area contributed by atoms with Gasteiger partial charge in [0.25, 0.3) is 0 Å². The van der Waals surface area contributed by atoms with Crippen molar-refractivity contribution < 1.29 is 24.2 Å². The average Bonchev–Trinajstić information content (AvgIpc) is 3.42. The Hall–Kier alpha value is -3.35. The van der Waals surface area contributed by atoms with Gasteiger partial charge in [-0.05, 0) is 47.4 Å². The van der Waals surface area contributed by atoms with Crippen molar-refractivity contribution >= 4 is 18.0 Å². The largest absolute Gasteiger partial charge is 0.481 e. The van der Waals surface area contributed by atoms with Gasteiger partial charge in [0.1, 0.15) is 6.61 Å². The molecule has 0 bridgehead atoms. The molecule has 1 fully saturated rings. The molecule has 180 valence electrons. The van der Waals surface area contributed by atoms with E-state index in [0.29, 0.717) is 19.4 Å². The van der Waals surface area contributed by atoms with Gasteiger partial charge in [-0.1, -0.05) is 61.9 Å². The molecule has 4 rings (SSSR count). The molecular formula is C27H32N2O5. The SMILES string of the molecule is CC(CCC(=O)O)CNC(=O)[C@H]1CCC[C@H]1NC(=O)OCC1c2ccccc2-c2ccccc21. The van der Waals surface area contributed by atoms with Crippen molar-refractivity contribution in [3.05, 3.63) is 59.7 Å². The third kappa shape index (κ3) is 5.41. The third-order valence-electron chi connectivity index (χ3n) is 6.98. The van der Waals surface area contributed by atoms with Gasteiger partial charge in [0.05, 0.1) is 5.92 Å². The molecule has 7 heteroatoms. The Morgan fingerprint density at radius 2 is 1.68 bits per heavy atom. The van der Waals surface area contributed by atoms with Crippen molar-refractivity contribution in [1.29, 1.82) is 0 Å². The summed E-state index contributed by atoms with van der Waals surface area (Å²) in [5, 5.41) is 14.6. The van der Waals surface area contributed by atoms with Crippen LogP contribution in [0.3, 0.4) is 0 Å². The topological polar surface area (TPSA) is 105 Å². The number of alkyl carbamates (subject to hydrolysis) is 1. The van der Waals surface area contributed by atoms with Crippen LogP contribution in [-0.2, 0) is 14.3 Å². The second-order valence-corrected chi connectivity index (χ2v) is 9.40. The molecule has 0 aromatic heterocycles. The maximum Gasteiger partial charge on any atom is 0.407 e. The Balaban J connectivity index is 1.29. The Morgan fingerprint density at radius 3 is 2.32 bits per heavy atom. The van der Waals surface area contributed by atoms with Crippen LogP contribution in [0.25, 0.3) is 11.1 Å². The third-order valence-corrected chi connectivity index (χ3v) is 6.98. The first-order valence-electron chi connectivity index (χ1n) is 12.0. The van der Waals surface area contributed by atoms with Crippen LogP contribution < -0.4 is 10.6 Å². The molecule has 2 aliphatic carbocycles. The average molecular weight is 465 g/mol. The molecular weight excluding hydrogens is 432 g/mol. The molecule has 3 N–H and O–H groups in total. The number of carbonyl (C=O) groups is 3. The van der Waals surface area contributed by atoms with Crippen LogP contribution in [0.1, 0.15) is 56.1 Å². The number of aliphatic carboxylic acids is 1. The van der Waals surface area contributed by atoms with Gasteiger partial charge >= 0.3 is 12.1 Å². The lowest BCUT2D eigenvalue weighted by atomic mass is 9.98. The lowest BCUT2D eigenvalue weighted by Gasteiger charge is -2.22. The molecule has 0 radical (unpaired) electrons. The zero-order chi connectivity index (χ0) is 24.1. The van der Waals surface area contributed by atoms with Crippen molar-refractivity contribution in [2.75, 3.05) is 13.2 Å². The van der Waals surface area contributed by atoms with Crippen molar-refractivity contribution in [2.24, 2.45) is 11.8 Å². The summed E-state index contributed by atoms with van der Waals surface area (Å²) in [5.74, 6) is -1.15. The Kier molecular flexibility index (Phi) is 7.50. The van der Waals surface area contributed by atoms with Crippen LogP contribution >= 0.6 is 0 Å². The summed E-state index contributed by atoms with van der Waals surface area (Å²) in [5.41, 5.74) is 4.67. The molecule has 2 aromatic carbocycles. The first kappa shape index (κ1) is 23.8. The number of rotatable bonds is 9. The molecule has 7 nitrogen and oxygen atoms in total. The van der Waals surface area contributed by atoms with E-state index in [9.17, 15) is 14.4 Å². The highest BCUT2D eigenvalue weighted by atomic mass is 16.5. The summed E-state index contributed by atoms with van der Waals surface area (Å²) in [4.78, 5) is 36.1. The minimum Gasteiger partial charge on any atom is -0.481 e. The number of benzene rings is 2. The van der Waals surface area contributed by atoms with E-state index in [-0.39, 0.29) is 42.7 Å². The lowest BCUT2D eigenvalue weighted by molar-refractivity contribution is -0.137. The standard InChI is InChI=1S/C27H32N2O5/c1-17(13-14-25(30)31)15-28-26(32)22-11-6-12-24(22)29-27(33)34-16-23-20-9-4-2-7-18(20)19-8-3-5-10-21(19)23/h2-5,7-10,17,22-24H,6,11-16H2,1H3,(H,28,32)(H,29,33)(H,30,31)/t17?,22-,24+/m0/s1. The predicted octanol–water partition coefficient (Wildman–Crippen LogP) is 4.31. The summed E-state index contributed by atoms with van der Waals surface area (Å²) in [7, 11) is 0. The Morgan fingerprint density at radius 1 is 1.03 bits per heavy atom. The number of nitrogens with one attached hydrogen (secondary N) is 2. The van der Waals surface area contributed by atoms with Gasteiger partial charge in [-0.3, -0.25) is 9.59 Å². The van der Waals surface area contributed by atoms with E-state index in [0.717, 1.165) is 24.0 Å². The number of carbonyl (C=O) groups excluding carboxylic acids is 2. The summed E-state index contributed by atoms with van der Waals surface area (Å²) in [6.45, 7) is 2.59. The van der Waals surface area contributed by atoms with Crippen LogP contribution in [0.15, 0.2) is 48.5 Å². The lowest BCUT2D eigenvalue weighted by Crippen LogP contribution is -2.45. The fourth-order valence-corrected chi connectivity index (χ4v) is 5.12. The second kappa shape index (κ2) is 10.7. The molecule has 34 heavy (non-hydrogen) atoms. The number of carboxylic acids is 1. The normalized spacial score (nSPS) is 19.7. The number of ether oxygens (including phenoxy) is 1. The van der Waals surface area contributed by atoms with Gasteiger partial charge in [-0.2, -0.15) is 0 Å². The number of hydrogen-bond acceptors (Lipinski definition) is 4. The van der Waals surface area contributed by atoms with E-state index >= 15 is 0 Å². The molecule has 1 saturated carbocycles. The highest BCUT2D eigenvalue weighted by Crippen LogP contribution is 2.44. The van der Waals surface area contributed by atoms with Gasteiger partial charge in [0.15, 0.2) is 0 Å². The van der Waals surface area contributed by atoms with Crippen LogP contribution in [0.5, 0.6) is 0 Å². The minimum absolute atomic E-state index is 0.00638. The first-order chi connectivity index (χ1) is 16.4. The Bertz CT molecular complexity index is 1010. The van der Waals surface area contributed by atoms with Crippen LogP contribution in [0.4, 0.5) is 4.79 Å². The van der Waals surface area contributed by atoms with Crippen LogP contribution in [0.2, 0.25) is 0 Å². The molecule has 2 aliphatic rings. The fraction of sp³-hybridized carbons (Fsp3) is 0.444. The zero-order valence-corrected chi connectivity index (χ0v) is 19.5. The number of hydrogen-bond donors (Lipinski definition) is 3. The maximum absolute atomic E-state index is 12.7. The summed E-state index contributed by atoms with van der Waals surface area (Å²) < 4.78 is 5.64. The van der Waals surface area contributed by atoms with E-state index in [1.165, 1.54) is 11.1 Å². The predicted molar refractivity (Wildman–Crippen MR) is 128 cm³/mol. The van der Waals surface area contributed by atoms with Gasteiger partial charge in [0, 0.05) is 24.9 Å². The van der Waals surface area contributed by atoms with Gasteiger partial charge in [-0.15, -0.1) is 0 Å². The molecule has 0 aliphatic heterocycles. The first-order valence-corrected chi connectivity index (χ1v) is 12.0. The van der Waals surface area contributed by atoms with Crippen molar-refractivity contribution in [3.8, 4) is 11.1 Å². The Labute approximate surface area is 199 Å². The monoisotopic (exact) mass is 464 g/mol. The van der Waals surface area contributed by atoms with E-state index in [1.807, 2.05) is 31.2 Å². The smallest absolute Gasteiger partial charge is 0.407 e. The number of fused-ring (bicyclic) bond motifs is 3. The molecule has 0 heterocycles. The van der Waals surface area contributed by atoms with E-state index < -0.39 is 12.1 Å². The number of amides is 2. The van der Waals surface area contributed by atoms with Crippen molar-refractivity contribution in [2.45, 2.75) is 51.0 Å². The maximum atomic E-state index is 12.7. The molecule has 1 unspecified atom stereocenters. The summed E-state index contributed by atoms with van der Waals surface area (Å²) >= 11 is 0. The molecule has 2 amide bonds. The highest BCUT2D eigenvalue weighted by molar-refractivity contribution is 5.81. The zero-order valence-electron chi connectivity index (χ0n) is 19.5. The molecule has 0 saturated heterocycles. The van der Waals surface area contributed by atoms with Crippen LogP contribution in [-0.4, -0.2) is 42.3 Å². The van der Waals surface area contributed by atoms with Crippen molar-refractivity contribution in [3.63, 3.8) is 0 Å². The summed E-state index contributed by atoms with van der Waals surface area (Å²) in [6, 6.07) is 16.1. The van der Waals surface area contributed by atoms with Gasteiger partial charge < -0.3 is 20.5 Å². The summed E-state index contributed by atoms with van der Waals surface area (Å²) in [6.07, 6.45) is 2.41. The van der Waals surface area contributed by atoms with E-state index in [4.69, 9.17) is 9.84 Å². The second-order valence-electron chi connectivity index (χ2n) is 9.40. The van der Waals surface area contributed by atoms with E-state index in [1.54, 1.807) is 0 Å². The number of carboxylic acid groups (broad SMARTS) is 1. The highest BCUT2D eigenvalue weighted by Gasteiger charge is 2.35. The van der Waals surface area contributed by atoms with Crippen LogP contribution in [0, 0.1) is 11.8 Å². The van der Waals surface area contributed by atoms with Gasteiger partial charge in [-0.25, -0.2) is 4.79 Å². The quantitative estimate of drug-likeness (QED) is 0.513. The molecule has 3 atom stereocenters. The minimum atomic E-state index is -0.832. The van der Waals surface area contributed by atoms with E-state index in [2.05, 4.69) is 34.9 Å². The van der Waals surface area contributed by atoms with Crippen molar-refractivity contribution in [1.82, 2.24) is 10.6 Å². The van der Waals surface area contributed by atoms with Gasteiger partial charge in [0.2, 0.25) is 5.91 Å². The fourth-order valence-electron chi connectivity index (χ4n) is 5.12. The molecule has 2 aromatic rings. The molecule has 0 spiro atoms.